The third-order valence-electron chi connectivity index (χ3n) is 2.10. The van der Waals surface area contributed by atoms with Crippen molar-refractivity contribution in [1.29, 1.82) is 0 Å². The molecule has 0 saturated carbocycles. The van der Waals surface area contributed by atoms with Crippen LogP contribution in [0.25, 0.3) is 0 Å². The lowest BCUT2D eigenvalue weighted by molar-refractivity contribution is 0.141. The van der Waals surface area contributed by atoms with Crippen LogP contribution in [-0.2, 0) is 4.94 Å². The van der Waals surface area contributed by atoms with Crippen molar-refractivity contribution >= 4 is 11.4 Å². The third-order valence-corrected chi connectivity index (χ3v) is 2.10. The maximum Gasteiger partial charge on any atom is 0.182 e. The molecule has 16 heavy (non-hydrogen) atoms. The molecule has 0 aromatic heterocycles. The van der Waals surface area contributed by atoms with Gasteiger partial charge in [0.1, 0.15) is 0 Å². The van der Waals surface area contributed by atoms with Crippen molar-refractivity contribution in [3.05, 3.63) is 65.6 Å². The van der Waals surface area contributed by atoms with Gasteiger partial charge in [-0.05, 0) is 24.3 Å². The summed E-state index contributed by atoms with van der Waals surface area (Å²) in [6.45, 7) is 0. The van der Waals surface area contributed by atoms with Crippen LogP contribution in [0.2, 0.25) is 0 Å². The average molecular weight is 214 g/mol. The third kappa shape index (κ3) is 2.17. The first kappa shape index (κ1) is 10.2. The van der Waals surface area contributed by atoms with Gasteiger partial charge >= 0.3 is 0 Å². The van der Waals surface area contributed by atoms with Crippen LogP contribution < -0.4 is 5.06 Å². The van der Waals surface area contributed by atoms with Crippen molar-refractivity contribution < 1.29 is 4.94 Å². The Hall–Kier alpha value is -2.36. The molecule has 80 valence electrons. The van der Waals surface area contributed by atoms with E-state index in [1.807, 2.05) is 60.7 Å². The van der Waals surface area contributed by atoms with Crippen molar-refractivity contribution in [2.45, 2.75) is 0 Å². The summed E-state index contributed by atoms with van der Waals surface area (Å²) in [5, 5.41) is 3.83. The molecule has 0 aliphatic rings. The first-order valence-corrected chi connectivity index (χ1v) is 4.82. The summed E-state index contributed by atoms with van der Waals surface area (Å²) in [6, 6.07) is 18.5. The monoisotopic (exact) mass is 214 g/mol. The number of hydrogen-bond acceptors (Lipinski definition) is 4. The summed E-state index contributed by atoms with van der Waals surface area (Å²) in [4.78, 5) is 15.0. The minimum absolute atomic E-state index is 0.744. The molecule has 0 unspecified atom stereocenters. The fourth-order valence-corrected chi connectivity index (χ4v) is 1.40. The Morgan fingerprint density at radius 1 is 0.812 bits per heavy atom. The molecule has 0 amide bonds. The van der Waals surface area contributed by atoms with Crippen molar-refractivity contribution in [1.82, 2.24) is 0 Å². The zero-order valence-electron chi connectivity index (χ0n) is 8.48. The van der Waals surface area contributed by atoms with Crippen LogP contribution in [0.1, 0.15) is 0 Å². The van der Waals surface area contributed by atoms with Gasteiger partial charge in [-0.25, -0.2) is 4.94 Å². The smallest absolute Gasteiger partial charge is 0.182 e. The number of rotatable bonds is 4. The van der Waals surface area contributed by atoms with Gasteiger partial charge in [0.05, 0.1) is 11.4 Å². The molecule has 2 rings (SSSR count). The van der Waals surface area contributed by atoms with Gasteiger partial charge in [-0.3, -0.25) is 0 Å². The highest BCUT2D eigenvalue weighted by atomic mass is 16.9. The largest absolute Gasteiger partial charge is 0.225 e. The lowest BCUT2D eigenvalue weighted by atomic mass is 10.2. The number of nitrogens with zero attached hydrogens (tertiary/aromatic N) is 2. The molecule has 0 fully saturated rings. The minimum atomic E-state index is 0.744. The van der Waals surface area contributed by atoms with E-state index in [2.05, 4.69) is 5.34 Å². The molecule has 0 bridgehead atoms. The molecular weight excluding hydrogens is 204 g/mol. The number of anilines is 2. The molecule has 4 heteroatoms. The van der Waals surface area contributed by atoms with Crippen LogP contribution in [0.3, 0.4) is 0 Å². The molecule has 2 aromatic rings. The van der Waals surface area contributed by atoms with Crippen molar-refractivity contribution in [2.75, 3.05) is 5.06 Å². The van der Waals surface area contributed by atoms with Crippen LogP contribution >= 0.6 is 0 Å². The summed E-state index contributed by atoms with van der Waals surface area (Å²) in [5.74, 6) is 0. The Morgan fingerprint density at radius 3 is 1.62 bits per heavy atom. The van der Waals surface area contributed by atoms with Gasteiger partial charge in [-0.1, -0.05) is 36.4 Å². The number of para-hydroxylation sites is 2. The van der Waals surface area contributed by atoms with Crippen LogP contribution in [0.15, 0.2) is 66.0 Å². The fourth-order valence-electron chi connectivity index (χ4n) is 1.40. The van der Waals surface area contributed by atoms with Gasteiger partial charge in [-0.2, -0.15) is 0 Å². The molecule has 4 nitrogen and oxygen atoms in total. The maximum absolute atomic E-state index is 10.2. The molecule has 0 aliphatic heterocycles. The topological polar surface area (TPSA) is 41.9 Å². The molecule has 0 heterocycles. The highest BCUT2D eigenvalue weighted by molar-refractivity contribution is 5.59. The molecule has 0 saturated heterocycles. The normalized spacial score (nSPS) is 9.50. The Morgan fingerprint density at radius 2 is 1.25 bits per heavy atom. The summed E-state index contributed by atoms with van der Waals surface area (Å²) < 4.78 is 0. The Kier molecular flexibility index (Phi) is 3.13. The zero-order chi connectivity index (χ0) is 11.2. The van der Waals surface area contributed by atoms with E-state index in [0.29, 0.717) is 0 Å². The quantitative estimate of drug-likeness (QED) is 0.578. The fraction of sp³-hybridized carbons (Fsp3) is 0. The van der Waals surface area contributed by atoms with Crippen molar-refractivity contribution in [3.8, 4) is 0 Å². The van der Waals surface area contributed by atoms with E-state index in [1.54, 1.807) is 0 Å². The zero-order valence-corrected chi connectivity index (χ0v) is 8.48. The summed E-state index contributed by atoms with van der Waals surface area (Å²) in [7, 11) is 0. The second-order valence-corrected chi connectivity index (χ2v) is 3.12. The standard InChI is InChI=1S/C12H10N2O2/c15-13-16-14(11-7-3-1-4-8-11)12-9-5-2-6-10-12/h1-10H. The molecule has 0 radical (unpaired) electrons. The highest BCUT2D eigenvalue weighted by Gasteiger charge is 2.09. The van der Waals surface area contributed by atoms with Crippen LogP contribution in [0.5, 0.6) is 0 Å². The van der Waals surface area contributed by atoms with E-state index in [-0.39, 0.29) is 0 Å². The Bertz CT molecular complexity index is 406. The maximum atomic E-state index is 10.2. The van der Waals surface area contributed by atoms with Gasteiger partial charge in [0, 0.05) is 0 Å². The Labute approximate surface area is 93.0 Å². The van der Waals surface area contributed by atoms with Gasteiger partial charge in [0.2, 0.25) is 0 Å². The molecule has 0 N–H and O–H groups in total. The number of benzene rings is 2. The molecular formula is C12H10N2O2. The van der Waals surface area contributed by atoms with E-state index >= 15 is 0 Å². The van der Waals surface area contributed by atoms with Gasteiger partial charge in [0.15, 0.2) is 5.34 Å². The predicted molar refractivity (Wildman–Crippen MR) is 61.9 cm³/mol. The summed E-state index contributed by atoms with van der Waals surface area (Å²) in [5.41, 5.74) is 1.49. The predicted octanol–water partition coefficient (Wildman–Crippen LogP) is 3.44. The SMILES string of the molecule is O=NON(c1ccccc1)c1ccccc1. The molecule has 0 spiro atoms. The van der Waals surface area contributed by atoms with E-state index < -0.39 is 0 Å². The first-order valence-electron chi connectivity index (χ1n) is 4.82. The second kappa shape index (κ2) is 4.93. The van der Waals surface area contributed by atoms with Crippen LogP contribution in [0, 0.1) is 4.91 Å². The van der Waals surface area contributed by atoms with Crippen molar-refractivity contribution in [2.24, 2.45) is 5.34 Å². The molecule has 0 aliphatic carbocycles. The summed E-state index contributed by atoms with van der Waals surface area (Å²) in [6.07, 6.45) is 0. The highest BCUT2D eigenvalue weighted by Crippen LogP contribution is 2.24. The summed E-state index contributed by atoms with van der Waals surface area (Å²) >= 11 is 0. The lowest BCUT2D eigenvalue weighted by Gasteiger charge is -2.18. The van der Waals surface area contributed by atoms with E-state index in [9.17, 15) is 4.91 Å². The van der Waals surface area contributed by atoms with Gasteiger partial charge < -0.3 is 0 Å². The second-order valence-electron chi connectivity index (χ2n) is 3.12. The van der Waals surface area contributed by atoms with Crippen LogP contribution in [-0.4, -0.2) is 0 Å². The van der Waals surface area contributed by atoms with Crippen molar-refractivity contribution in [3.63, 3.8) is 0 Å². The molecule has 2 aromatic carbocycles. The molecule has 0 atom stereocenters. The van der Waals surface area contributed by atoms with Gasteiger partial charge in [-0.15, -0.1) is 9.97 Å². The first-order chi connectivity index (χ1) is 7.92. The van der Waals surface area contributed by atoms with E-state index in [0.717, 1.165) is 11.4 Å². The number of hydrogen-bond donors (Lipinski definition) is 0. The van der Waals surface area contributed by atoms with Crippen LogP contribution in [0.4, 0.5) is 11.4 Å². The van der Waals surface area contributed by atoms with E-state index in [1.165, 1.54) is 5.06 Å². The lowest BCUT2D eigenvalue weighted by Crippen LogP contribution is -2.13. The Balaban J connectivity index is 2.35. The average Bonchev–Trinajstić information content (AvgIpc) is 2.38. The van der Waals surface area contributed by atoms with Gasteiger partial charge in [0.25, 0.3) is 0 Å². The van der Waals surface area contributed by atoms with E-state index in [4.69, 9.17) is 4.94 Å². The minimum Gasteiger partial charge on any atom is -0.225 e.